The molecule has 0 fully saturated rings. The molecule has 5 heteroatoms. The van der Waals surface area contributed by atoms with Crippen LogP contribution in [-0.4, -0.2) is 14.6 Å². The molecule has 0 aliphatic heterocycles. The lowest BCUT2D eigenvalue weighted by atomic mass is 10.3. The zero-order valence-electron chi connectivity index (χ0n) is 9.42. The normalized spacial score (nSPS) is 11.2. The number of aryl methyl sites for hydroxylation is 1. The minimum absolute atomic E-state index is 0.433. The number of hydrogen-bond donors (Lipinski definition) is 1. The first-order chi connectivity index (χ1) is 8.29. The Morgan fingerprint density at radius 1 is 1.24 bits per heavy atom. The molecule has 0 unspecified atom stereocenters. The van der Waals surface area contributed by atoms with Crippen molar-refractivity contribution in [1.29, 1.82) is 0 Å². The quantitative estimate of drug-likeness (QED) is 0.725. The Bertz CT molecular complexity index is 668. The van der Waals surface area contributed by atoms with Crippen LogP contribution in [0.2, 0.25) is 0 Å². The molecule has 3 aromatic heterocycles. The largest absolute Gasteiger partial charge is 0.458 e. The van der Waals surface area contributed by atoms with Gasteiger partial charge >= 0.3 is 0 Å². The lowest BCUT2D eigenvalue weighted by Crippen LogP contribution is -2.04. The number of furan rings is 1. The Balaban J connectivity index is 2.30. The van der Waals surface area contributed by atoms with Crippen molar-refractivity contribution in [2.75, 3.05) is 0 Å². The zero-order valence-corrected chi connectivity index (χ0v) is 9.42. The molecule has 0 spiro atoms. The number of rotatable bonds is 2. The average molecular weight is 228 g/mol. The second kappa shape index (κ2) is 3.71. The molecule has 3 aromatic rings. The second-order valence-corrected chi connectivity index (χ2v) is 3.85. The van der Waals surface area contributed by atoms with E-state index in [9.17, 15) is 0 Å². The number of nitrogens with two attached hydrogens (primary N) is 1. The van der Waals surface area contributed by atoms with E-state index in [1.54, 1.807) is 0 Å². The molecule has 2 N–H and O–H groups in total. The van der Waals surface area contributed by atoms with Crippen molar-refractivity contribution in [3.63, 3.8) is 0 Å². The SMILES string of the molecule is Cc1ccc(-c2nnc3cccc(CN)n23)o1. The third-order valence-electron chi connectivity index (χ3n) is 2.68. The molecule has 0 amide bonds. The molecule has 0 aliphatic rings. The highest BCUT2D eigenvalue weighted by Crippen LogP contribution is 2.22. The number of hydrogen-bond acceptors (Lipinski definition) is 4. The van der Waals surface area contributed by atoms with Crippen LogP contribution >= 0.6 is 0 Å². The van der Waals surface area contributed by atoms with Crippen molar-refractivity contribution < 1.29 is 4.42 Å². The summed E-state index contributed by atoms with van der Waals surface area (Å²) in [5.74, 6) is 2.24. The molecule has 86 valence electrons. The predicted molar refractivity (Wildman–Crippen MR) is 63.3 cm³/mol. The smallest absolute Gasteiger partial charge is 0.204 e. The number of aromatic nitrogens is 3. The van der Waals surface area contributed by atoms with Gasteiger partial charge in [0.15, 0.2) is 11.4 Å². The highest BCUT2D eigenvalue weighted by molar-refractivity contribution is 5.55. The molecule has 17 heavy (non-hydrogen) atoms. The lowest BCUT2D eigenvalue weighted by molar-refractivity contribution is 0.543. The molecule has 0 atom stereocenters. The fourth-order valence-corrected chi connectivity index (χ4v) is 1.88. The van der Waals surface area contributed by atoms with Gasteiger partial charge in [-0.25, -0.2) is 0 Å². The molecule has 0 bridgehead atoms. The van der Waals surface area contributed by atoms with E-state index in [4.69, 9.17) is 10.2 Å². The van der Waals surface area contributed by atoms with Crippen LogP contribution in [-0.2, 0) is 6.54 Å². The van der Waals surface area contributed by atoms with Gasteiger partial charge < -0.3 is 10.2 Å². The van der Waals surface area contributed by atoms with Crippen molar-refractivity contribution in [1.82, 2.24) is 14.6 Å². The van der Waals surface area contributed by atoms with Crippen molar-refractivity contribution in [2.45, 2.75) is 13.5 Å². The third-order valence-corrected chi connectivity index (χ3v) is 2.68. The average Bonchev–Trinajstić information content (AvgIpc) is 2.94. The van der Waals surface area contributed by atoms with Gasteiger partial charge in [-0.3, -0.25) is 4.40 Å². The summed E-state index contributed by atoms with van der Waals surface area (Å²) < 4.78 is 7.49. The summed E-state index contributed by atoms with van der Waals surface area (Å²) in [4.78, 5) is 0. The molecular weight excluding hydrogens is 216 g/mol. The standard InChI is InChI=1S/C12H12N4O/c1-8-5-6-10(17-8)12-15-14-11-4-2-3-9(7-13)16(11)12/h2-6H,7,13H2,1H3. The molecule has 3 rings (SSSR count). The summed E-state index contributed by atoms with van der Waals surface area (Å²) in [6.07, 6.45) is 0. The van der Waals surface area contributed by atoms with E-state index in [-0.39, 0.29) is 0 Å². The van der Waals surface area contributed by atoms with Crippen molar-refractivity contribution in [3.8, 4) is 11.6 Å². The van der Waals surface area contributed by atoms with E-state index < -0.39 is 0 Å². The second-order valence-electron chi connectivity index (χ2n) is 3.85. The third kappa shape index (κ3) is 1.52. The van der Waals surface area contributed by atoms with Gasteiger partial charge in [-0.2, -0.15) is 0 Å². The van der Waals surface area contributed by atoms with E-state index >= 15 is 0 Å². The molecule has 0 saturated carbocycles. The Labute approximate surface area is 97.9 Å². The molecule has 0 aromatic carbocycles. The fraction of sp³-hybridized carbons (Fsp3) is 0.167. The van der Waals surface area contributed by atoms with E-state index in [1.165, 1.54) is 0 Å². The van der Waals surface area contributed by atoms with Gasteiger partial charge in [-0.15, -0.1) is 10.2 Å². The molecular formula is C12H12N4O. The highest BCUT2D eigenvalue weighted by atomic mass is 16.3. The van der Waals surface area contributed by atoms with E-state index in [1.807, 2.05) is 41.7 Å². The minimum atomic E-state index is 0.433. The first-order valence-corrected chi connectivity index (χ1v) is 5.39. The van der Waals surface area contributed by atoms with Crippen LogP contribution in [0.5, 0.6) is 0 Å². The number of fused-ring (bicyclic) bond motifs is 1. The van der Waals surface area contributed by atoms with Crippen LogP contribution in [0.25, 0.3) is 17.2 Å². The molecule has 0 aliphatic carbocycles. The van der Waals surface area contributed by atoms with Crippen LogP contribution in [0, 0.1) is 6.92 Å². The van der Waals surface area contributed by atoms with Gasteiger partial charge in [0, 0.05) is 12.2 Å². The van der Waals surface area contributed by atoms with Gasteiger partial charge in [0.05, 0.1) is 0 Å². The molecule has 3 heterocycles. The topological polar surface area (TPSA) is 69.3 Å². The van der Waals surface area contributed by atoms with Crippen LogP contribution in [0.3, 0.4) is 0 Å². The number of pyridine rings is 1. The highest BCUT2D eigenvalue weighted by Gasteiger charge is 2.13. The first-order valence-electron chi connectivity index (χ1n) is 5.39. The number of nitrogens with zero attached hydrogens (tertiary/aromatic N) is 3. The zero-order chi connectivity index (χ0) is 11.8. The van der Waals surface area contributed by atoms with E-state index in [0.717, 1.165) is 17.1 Å². The molecule has 0 saturated heterocycles. The summed E-state index contributed by atoms with van der Waals surface area (Å²) in [5, 5.41) is 8.26. The Morgan fingerprint density at radius 3 is 2.82 bits per heavy atom. The Hall–Kier alpha value is -2.14. The first kappa shape index (κ1) is 10.0. The lowest BCUT2D eigenvalue weighted by Gasteiger charge is -2.03. The van der Waals surface area contributed by atoms with Gasteiger partial charge in [-0.05, 0) is 31.2 Å². The summed E-state index contributed by atoms with van der Waals surface area (Å²) >= 11 is 0. The van der Waals surface area contributed by atoms with Crippen LogP contribution in [0.15, 0.2) is 34.7 Å². The van der Waals surface area contributed by atoms with Crippen molar-refractivity contribution in [2.24, 2.45) is 5.73 Å². The summed E-state index contributed by atoms with van der Waals surface area (Å²) in [5.41, 5.74) is 7.45. The Morgan fingerprint density at radius 2 is 2.12 bits per heavy atom. The summed E-state index contributed by atoms with van der Waals surface area (Å²) in [6, 6.07) is 9.56. The minimum Gasteiger partial charge on any atom is -0.458 e. The maximum Gasteiger partial charge on any atom is 0.204 e. The van der Waals surface area contributed by atoms with E-state index in [2.05, 4.69) is 10.2 Å². The van der Waals surface area contributed by atoms with Crippen LogP contribution in [0.4, 0.5) is 0 Å². The van der Waals surface area contributed by atoms with Crippen molar-refractivity contribution in [3.05, 3.63) is 41.8 Å². The van der Waals surface area contributed by atoms with Gasteiger partial charge in [-0.1, -0.05) is 6.07 Å². The fourth-order valence-electron chi connectivity index (χ4n) is 1.88. The maximum atomic E-state index is 5.72. The maximum absolute atomic E-state index is 5.72. The van der Waals surface area contributed by atoms with Crippen LogP contribution in [0.1, 0.15) is 11.5 Å². The van der Waals surface area contributed by atoms with Crippen LogP contribution < -0.4 is 5.73 Å². The molecule has 5 nitrogen and oxygen atoms in total. The predicted octanol–water partition coefficient (Wildman–Crippen LogP) is 1.76. The van der Waals surface area contributed by atoms with Gasteiger partial charge in [0.1, 0.15) is 5.76 Å². The summed E-state index contributed by atoms with van der Waals surface area (Å²) in [6.45, 7) is 2.33. The Kier molecular flexibility index (Phi) is 2.19. The summed E-state index contributed by atoms with van der Waals surface area (Å²) in [7, 11) is 0. The van der Waals surface area contributed by atoms with E-state index in [0.29, 0.717) is 18.1 Å². The van der Waals surface area contributed by atoms with Gasteiger partial charge in [0.25, 0.3) is 0 Å². The molecule has 0 radical (unpaired) electrons. The van der Waals surface area contributed by atoms with Crippen molar-refractivity contribution >= 4 is 5.65 Å². The van der Waals surface area contributed by atoms with Gasteiger partial charge in [0.2, 0.25) is 5.82 Å². The monoisotopic (exact) mass is 228 g/mol.